The molecular formula is C18H16N2O3S. The summed E-state index contributed by atoms with van der Waals surface area (Å²) in [4.78, 5) is 11.8. The lowest BCUT2D eigenvalue weighted by atomic mass is 10.1. The molecule has 0 aliphatic heterocycles. The molecule has 1 aromatic heterocycles. The maximum Gasteiger partial charge on any atom is 0.338 e. The van der Waals surface area contributed by atoms with E-state index in [4.69, 9.17) is 9.15 Å². The van der Waals surface area contributed by atoms with Gasteiger partial charge in [-0.3, -0.25) is 0 Å². The number of hydrogen-bond acceptors (Lipinski definition) is 6. The first-order chi connectivity index (χ1) is 11.7. The van der Waals surface area contributed by atoms with Crippen LogP contribution in [0.15, 0.2) is 64.2 Å². The molecule has 1 heterocycles. The number of hydrogen-bond donors (Lipinski definition) is 0. The van der Waals surface area contributed by atoms with Crippen LogP contribution >= 0.6 is 11.8 Å². The van der Waals surface area contributed by atoms with Crippen molar-refractivity contribution in [2.24, 2.45) is 0 Å². The maximum absolute atomic E-state index is 11.8. The molecule has 24 heavy (non-hydrogen) atoms. The van der Waals surface area contributed by atoms with Gasteiger partial charge in [0.05, 0.1) is 5.56 Å². The highest BCUT2D eigenvalue weighted by Gasteiger charge is 2.11. The summed E-state index contributed by atoms with van der Waals surface area (Å²) in [5, 5.41) is 8.54. The van der Waals surface area contributed by atoms with Crippen LogP contribution in [0, 0.1) is 6.92 Å². The summed E-state index contributed by atoms with van der Waals surface area (Å²) >= 11 is 1.36. The van der Waals surface area contributed by atoms with E-state index in [1.54, 1.807) is 24.3 Å². The molecule has 0 unspecified atom stereocenters. The van der Waals surface area contributed by atoms with Gasteiger partial charge in [-0.15, -0.1) is 10.2 Å². The fourth-order valence-corrected chi connectivity index (χ4v) is 2.69. The maximum atomic E-state index is 11.8. The minimum atomic E-state index is -0.331. The normalized spacial score (nSPS) is 10.5. The van der Waals surface area contributed by atoms with Crippen LogP contribution in [0.4, 0.5) is 0 Å². The van der Waals surface area contributed by atoms with Gasteiger partial charge in [0.2, 0.25) is 5.89 Å². The van der Waals surface area contributed by atoms with Crippen molar-refractivity contribution >= 4 is 17.7 Å². The zero-order valence-electron chi connectivity index (χ0n) is 13.1. The predicted octanol–water partition coefficient (Wildman–Crippen LogP) is 3.99. The summed E-state index contributed by atoms with van der Waals surface area (Å²) in [7, 11) is 0. The highest BCUT2D eigenvalue weighted by molar-refractivity contribution is 7.99. The standard InChI is InChI=1S/C18H16N2O3S/c1-13-7-5-6-10-15(13)16-19-20-18(23-16)24-12-11-22-17(21)14-8-3-2-4-9-14/h2-10H,11-12H2,1H3. The molecule has 0 N–H and O–H groups in total. The Morgan fingerprint density at radius 3 is 2.62 bits per heavy atom. The lowest BCUT2D eigenvalue weighted by molar-refractivity contribution is 0.0530. The van der Waals surface area contributed by atoms with Gasteiger partial charge < -0.3 is 9.15 Å². The molecule has 2 aromatic carbocycles. The van der Waals surface area contributed by atoms with Gasteiger partial charge in [-0.05, 0) is 30.7 Å². The zero-order chi connectivity index (χ0) is 16.8. The second kappa shape index (κ2) is 7.79. The molecule has 3 rings (SSSR count). The number of ether oxygens (including phenoxy) is 1. The van der Waals surface area contributed by atoms with E-state index in [0.717, 1.165) is 11.1 Å². The zero-order valence-corrected chi connectivity index (χ0v) is 14.0. The molecule has 0 saturated heterocycles. The lowest BCUT2D eigenvalue weighted by Crippen LogP contribution is -2.07. The second-order valence-electron chi connectivity index (χ2n) is 5.04. The Morgan fingerprint density at radius 2 is 1.83 bits per heavy atom. The fourth-order valence-electron chi connectivity index (χ4n) is 2.11. The first-order valence-electron chi connectivity index (χ1n) is 7.48. The molecule has 0 atom stereocenters. The number of carbonyl (C=O) groups excluding carboxylic acids is 1. The number of rotatable bonds is 6. The molecule has 6 heteroatoms. The van der Waals surface area contributed by atoms with Crippen LogP contribution in [-0.2, 0) is 4.74 Å². The van der Waals surface area contributed by atoms with Crippen molar-refractivity contribution in [3.63, 3.8) is 0 Å². The van der Waals surface area contributed by atoms with Gasteiger partial charge in [0.15, 0.2) is 0 Å². The van der Waals surface area contributed by atoms with E-state index in [1.165, 1.54) is 11.8 Å². The summed E-state index contributed by atoms with van der Waals surface area (Å²) in [6.07, 6.45) is 0. The van der Waals surface area contributed by atoms with Crippen molar-refractivity contribution in [3.8, 4) is 11.5 Å². The van der Waals surface area contributed by atoms with Crippen LogP contribution in [0.3, 0.4) is 0 Å². The third-order valence-electron chi connectivity index (χ3n) is 3.33. The largest absolute Gasteiger partial charge is 0.461 e. The van der Waals surface area contributed by atoms with E-state index in [2.05, 4.69) is 10.2 Å². The number of esters is 1. The van der Waals surface area contributed by atoms with Gasteiger partial charge in [0.25, 0.3) is 5.22 Å². The van der Waals surface area contributed by atoms with Crippen LogP contribution in [0.25, 0.3) is 11.5 Å². The summed E-state index contributed by atoms with van der Waals surface area (Å²) < 4.78 is 10.9. The number of aryl methyl sites for hydroxylation is 1. The summed E-state index contributed by atoms with van der Waals surface area (Å²) in [6.45, 7) is 2.27. The number of aromatic nitrogens is 2. The Bertz CT molecular complexity index is 818. The van der Waals surface area contributed by atoms with Crippen molar-refractivity contribution in [3.05, 3.63) is 65.7 Å². The van der Waals surface area contributed by atoms with Crippen molar-refractivity contribution in [2.45, 2.75) is 12.1 Å². The summed E-state index contributed by atoms with van der Waals surface area (Å²) in [6, 6.07) is 16.7. The molecular weight excluding hydrogens is 324 g/mol. The van der Waals surface area contributed by atoms with Crippen LogP contribution in [-0.4, -0.2) is 28.5 Å². The van der Waals surface area contributed by atoms with E-state index in [-0.39, 0.29) is 12.6 Å². The van der Waals surface area contributed by atoms with E-state index in [1.807, 2.05) is 37.3 Å². The number of carbonyl (C=O) groups is 1. The van der Waals surface area contributed by atoms with Gasteiger partial charge in [0.1, 0.15) is 6.61 Å². The van der Waals surface area contributed by atoms with E-state index >= 15 is 0 Å². The number of thioether (sulfide) groups is 1. The average molecular weight is 340 g/mol. The van der Waals surface area contributed by atoms with E-state index < -0.39 is 0 Å². The Labute approximate surface area is 144 Å². The molecule has 0 radical (unpaired) electrons. The number of nitrogens with zero attached hydrogens (tertiary/aromatic N) is 2. The fraction of sp³-hybridized carbons (Fsp3) is 0.167. The molecule has 122 valence electrons. The SMILES string of the molecule is Cc1ccccc1-c1nnc(SCCOC(=O)c2ccccc2)o1. The minimum absolute atomic E-state index is 0.278. The predicted molar refractivity (Wildman–Crippen MR) is 91.9 cm³/mol. The molecule has 0 fully saturated rings. The smallest absolute Gasteiger partial charge is 0.338 e. The molecule has 5 nitrogen and oxygen atoms in total. The lowest BCUT2D eigenvalue weighted by Gasteiger charge is -2.03. The number of benzene rings is 2. The van der Waals surface area contributed by atoms with Crippen molar-refractivity contribution in [2.75, 3.05) is 12.4 Å². The molecule has 0 spiro atoms. The Hall–Kier alpha value is -2.60. The second-order valence-corrected chi connectivity index (χ2v) is 6.08. The average Bonchev–Trinajstić information content (AvgIpc) is 3.08. The van der Waals surface area contributed by atoms with Crippen molar-refractivity contribution < 1.29 is 13.9 Å². The van der Waals surface area contributed by atoms with Crippen molar-refractivity contribution in [1.29, 1.82) is 0 Å². The van der Waals surface area contributed by atoms with Crippen LogP contribution in [0.1, 0.15) is 15.9 Å². The quantitative estimate of drug-likeness (QED) is 0.384. The van der Waals surface area contributed by atoms with Crippen LogP contribution < -0.4 is 0 Å². The Kier molecular flexibility index (Phi) is 5.28. The van der Waals surface area contributed by atoms with Gasteiger partial charge in [0, 0.05) is 11.3 Å². The molecule has 0 amide bonds. The third kappa shape index (κ3) is 4.02. The minimum Gasteiger partial charge on any atom is -0.461 e. The Balaban J connectivity index is 1.50. The monoisotopic (exact) mass is 340 g/mol. The van der Waals surface area contributed by atoms with Gasteiger partial charge in [-0.2, -0.15) is 0 Å². The first kappa shape index (κ1) is 16.3. The molecule has 0 aliphatic carbocycles. The molecule has 3 aromatic rings. The Morgan fingerprint density at radius 1 is 1.08 bits per heavy atom. The van der Waals surface area contributed by atoms with Crippen molar-refractivity contribution in [1.82, 2.24) is 10.2 Å². The molecule has 0 bridgehead atoms. The molecule has 0 aliphatic rings. The van der Waals surface area contributed by atoms with Crippen LogP contribution in [0.5, 0.6) is 0 Å². The molecule has 0 saturated carbocycles. The summed E-state index contributed by atoms with van der Waals surface area (Å²) in [5.41, 5.74) is 2.55. The highest BCUT2D eigenvalue weighted by atomic mass is 32.2. The topological polar surface area (TPSA) is 65.2 Å². The van der Waals surface area contributed by atoms with E-state index in [9.17, 15) is 4.79 Å². The summed E-state index contributed by atoms with van der Waals surface area (Å²) in [5.74, 6) is 0.716. The van der Waals surface area contributed by atoms with Gasteiger partial charge in [-0.1, -0.05) is 48.2 Å². The highest BCUT2D eigenvalue weighted by Crippen LogP contribution is 2.25. The van der Waals surface area contributed by atoms with E-state index in [0.29, 0.717) is 22.4 Å². The van der Waals surface area contributed by atoms with Gasteiger partial charge >= 0.3 is 5.97 Å². The van der Waals surface area contributed by atoms with Crippen LogP contribution in [0.2, 0.25) is 0 Å². The first-order valence-corrected chi connectivity index (χ1v) is 8.47. The third-order valence-corrected chi connectivity index (χ3v) is 4.12. The van der Waals surface area contributed by atoms with Gasteiger partial charge in [-0.25, -0.2) is 4.79 Å².